The van der Waals surface area contributed by atoms with E-state index in [1.54, 1.807) is 29.5 Å². The van der Waals surface area contributed by atoms with Gasteiger partial charge in [-0.05, 0) is 41.6 Å². The number of thioether (sulfide) groups is 1. The zero-order chi connectivity index (χ0) is 23.0. The summed E-state index contributed by atoms with van der Waals surface area (Å²) < 4.78 is 2.09. The average molecular weight is 494 g/mol. The van der Waals surface area contributed by atoms with E-state index in [2.05, 4.69) is 44.3 Å². The van der Waals surface area contributed by atoms with Crippen molar-refractivity contribution in [3.05, 3.63) is 92.9 Å². The Balaban J connectivity index is 1.47. The number of nitrogens with one attached hydrogen (secondary N) is 1. The van der Waals surface area contributed by atoms with E-state index < -0.39 is 0 Å². The predicted octanol–water partition coefficient (Wildman–Crippen LogP) is 5.43. The molecule has 33 heavy (non-hydrogen) atoms. The molecule has 4 aromatic rings. The minimum Gasteiger partial charge on any atom is -0.324 e. The molecule has 0 unspecified atom stereocenters. The van der Waals surface area contributed by atoms with E-state index in [0.717, 1.165) is 12.2 Å². The molecule has 0 bridgehead atoms. The van der Waals surface area contributed by atoms with Crippen LogP contribution in [0.15, 0.2) is 71.2 Å². The van der Waals surface area contributed by atoms with Crippen molar-refractivity contribution < 1.29 is 4.79 Å². The molecule has 166 valence electrons. The van der Waals surface area contributed by atoms with E-state index in [1.165, 1.54) is 22.2 Å². The van der Waals surface area contributed by atoms with Gasteiger partial charge in [0.2, 0.25) is 5.91 Å². The molecular formula is C24H20ClN5OS2. The van der Waals surface area contributed by atoms with E-state index in [-0.39, 0.29) is 11.7 Å². The quantitative estimate of drug-likeness (QED) is 0.314. The predicted molar refractivity (Wildman–Crippen MR) is 133 cm³/mol. The molecule has 0 fully saturated rings. The highest BCUT2D eigenvalue weighted by Crippen LogP contribution is 2.23. The number of amides is 1. The second-order valence-corrected chi connectivity index (χ2v) is 9.59. The average Bonchev–Trinajstić information content (AvgIpc) is 3.47. The van der Waals surface area contributed by atoms with Gasteiger partial charge >= 0.3 is 0 Å². The van der Waals surface area contributed by atoms with Gasteiger partial charge in [-0.15, -0.1) is 21.5 Å². The fourth-order valence-corrected chi connectivity index (χ4v) is 4.93. The van der Waals surface area contributed by atoms with E-state index >= 15 is 0 Å². The van der Waals surface area contributed by atoms with Crippen molar-refractivity contribution in [2.24, 2.45) is 0 Å². The molecule has 0 radical (unpaired) electrons. The molecule has 0 aliphatic heterocycles. The lowest BCUT2D eigenvalue weighted by Gasteiger charge is -2.11. The molecule has 0 spiro atoms. The van der Waals surface area contributed by atoms with Crippen molar-refractivity contribution >= 4 is 46.3 Å². The van der Waals surface area contributed by atoms with Gasteiger partial charge in [-0.2, -0.15) is 5.26 Å². The van der Waals surface area contributed by atoms with Crippen LogP contribution in [0.2, 0.25) is 5.02 Å². The van der Waals surface area contributed by atoms with Gasteiger partial charge < -0.3 is 9.88 Å². The third kappa shape index (κ3) is 6.23. The normalized spacial score (nSPS) is 10.7. The summed E-state index contributed by atoms with van der Waals surface area (Å²) in [6.07, 6.45) is 1.53. The van der Waals surface area contributed by atoms with Crippen LogP contribution in [0.25, 0.3) is 0 Å². The van der Waals surface area contributed by atoms with Crippen LogP contribution in [0.3, 0.4) is 0 Å². The smallest absolute Gasteiger partial charge is 0.234 e. The van der Waals surface area contributed by atoms with Gasteiger partial charge in [0.05, 0.1) is 17.0 Å². The van der Waals surface area contributed by atoms with Gasteiger partial charge in [-0.25, -0.2) is 0 Å². The Bertz CT molecular complexity index is 1270. The zero-order valence-corrected chi connectivity index (χ0v) is 20.0. The molecule has 6 nitrogen and oxygen atoms in total. The highest BCUT2D eigenvalue weighted by molar-refractivity contribution is 7.99. The molecule has 0 atom stereocenters. The van der Waals surface area contributed by atoms with Crippen LogP contribution in [0.5, 0.6) is 0 Å². The number of nitriles is 1. The minimum atomic E-state index is -0.240. The lowest BCUT2D eigenvalue weighted by Crippen LogP contribution is -2.16. The number of aromatic nitrogens is 3. The fourth-order valence-electron chi connectivity index (χ4n) is 3.27. The second-order valence-electron chi connectivity index (χ2n) is 7.18. The molecule has 0 aliphatic rings. The number of aryl methyl sites for hydroxylation is 1. The largest absolute Gasteiger partial charge is 0.324 e. The number of rotatable bonds is 9. The molecule has 2 aromatic carbocycles. The molecule has 9 heteroatoms. The van der Waals surface area contributed by atoms with Crippen molar-refractivity contribution in [3.8, 4) is 6.07 Å². The first-order valence-corrected chi connectivity index (χ1v) is 12.5. The number of thiophene rings is 1. The van der Waals surface area contributed by atoms with Crippen molar-refractivity contribution in [1.82, 2.24) is 14.8 Å². The minimum absolute atomic E-state index is 0.139. The van der Waals surface area contributed by atoms with Crippen LogP contribution < -0.4 is 5.32 Å². The van der Waals surface area contributed by atoms with Crippen LogP contribution in [0.1, 0.15) is 21.8 Å². The fraction of sp³-hybridized carbons (Fsp3) is 0.167. The van der Waals surface area contributed by atoms with Gasteiger partial charge in [0, 0.05) is 22.9 Å². The summed E-state index contributed by atoms with van der Waals surface area (Å²) in [7, 11) is 0. The maximum atomic E-state index is 12.6. The number of hydrogen-bond donors (Lipinski definition) is 1. The third-order valence-electron chi connectivity index (χ3n) is 4.88. The van der Waals surface area contributed by atoms with E-state index in [4.69, 9.17) is 11.6 Å². The zero-order valence-electron chi connectivity index (χ0n) is 17.6. The lowest BCUT2D eigenvalue weighted by atomic mass is 10.1. The monoisotopic (exact) mass is 493 g/mol. The highest BCUT2D eigenvalue weighted by atomic mass is 35.5. The SMILES string of the molecule is N#Cc1ccc(Cl)cc1NC(=O)CSc1nnc(Cc2cccs2)n1CCc1ccccc1. The Morgan fingerprint density at radius 2 is 2.00 bits per heavy atom. The molecular weight excluding hydrogens is 474 g/mol. The van der Waals surface area contributed by atoms with Gasteiger partial charge in [0.25, 0.3) is 0 Å². The van der Waals surface area contributed by atoms with Crippen LogP contribution in [-0.4, -0.2) is 26.4 Å². The van der Waals surface area contributed by atoms with Crippen LogP contribution in [0, 0.1) is 11.3 Å². The number of carbonyl (C=O) groups is 1. The molecule has 0 aliphatic carbocycles. The van der Waals surface area contributed by atoms with Gasteiger partial charge in [-0.3, -0.25) is 4.79 Å². The summed E-state index contributed by atoms with van der Waals surface area (Å²) in [6, 6.07) is 21.2. The van der Waals surface area contributed by atoms with Crippen molar-refractivity contribution in [2.75, 3.05) is 11.1 Å². The van der Waals surface area contributed by atoms with E-state index in [0.29, 0.717) is 34.4 Å². The van der Waals surface area contributed by atoms with Crippen molar-refractivity contribution in [3.63, 3.8) is 0 Å². The number of anilines is 1. The van der Waals surface area contributed by atoms with Crippen molar-refractivity contribution in [2.45, 2.75) is 24.5 Å². The number of halogens is 1. The maximum absolute atomic E-state index is 12.6. The molecule has 0 saturated carbocycles. The Labute approximate surface area is 205 Å². The van der Waals surface area contributed by atoms with E-state index in [1.807, 2.05) is 29.6 Å². The summed E-state index contributed by atoms with van der Waals surface area (Å²) in [5.41, 5.74) is 1.99. The summed E-state index contributed by atoms with van der Waals surface area (Å²) in [6.45, 7) is 0.717. The molecule has 2 aromatic heterocycles. The van der Waals surface area contributed by atoms with Crippen LogP contribution in [0.4, 0.5) is 5.69 Å². The topological polar surface area (TPSA) is 83.6 Å². The standard InChI is InChI=1S/C24H20ClN5OS2/c25-19-9-8-18(15-26)21(13-19)27-23(31)16-33-24-29-28-22(14-20-7-4-12-32-20)30(24)11-10-17-5-2-1-3-6-17/h1-9,12-13H,10-11,14,16H2,(H,27,31). The van der Waals surface area contributed by atoms with Gasteiger partial charge in [0.1, 0.15) is 11.9 Å². The van der Waals surface area contributed by atoms with Crippen LogP contribution >= 0.6 is 34.7 Å². The Morgan fingerprint density at radius 1 is 1.15 bits per heavy atom. The summed E-state index contributed by atoms with van der Waals surface area (Å²) in [5.74, 6) is 0.772. The number of nitrogens with zero attached hydrogens (tertiary/aromatic N) is 4. The number of carbonyl (C=O) groups excluding carboxylic acids is 1. The molecule has 0 saturated heterocycles. The molecule has 4 rings (SSSR count). The summed E-state index contributed by atoms with van der Waals surface area (Å²) in [5, 5.41) is 24.0. The second kappa shape index (κ2) is 11.1. The maximum Gasteiger partial charge on any atom is 0.234 e. The summed E-state index contributed by atoms with van der Waals surface area (Å²) >= 11 is 9.02. The first kappa shape index (κ1) is 23.1. The van der Waals surface area contributed by atoms with Crippen molar-refractivity contribution in [1.29, 1.82) is 5.26 Å². The Kier molecular flexibility index (Phi) is 7.79. The highest BCUT2D eigenvalue weighted by Gasteiger charge is 2.16. The van der Waals surface area contributed by atoms with Gasteiger partial charge in [-0.1, -0.05) is 59.8 Å². The lowest BCUT2D eigenvalue weighted by molar-refractivity contribution is -0.113. The Hall–Kier alpha value is -3.12. The number of hydrogen-bond acceptors (Lipinski definition) is 6. The van der Waals surface area contributed by atoms with E-state index in [9.17, 15) is 10.1 Å². The van der Waals surface area contributed by atoms with Gasteiger partial charge in [0.15, 0.2) is 5.16 Å². The Morgan fingerprint density at radius 3 is 2.76 bits per heavy atom. The number of benzene rings is 2. The summed E-state index contributed by atoms with van der Waals surface area (Å²) in [4.78, 5) is 13.8. The molecule has 2 heterocycles. The molecule has 1 amide bonds. The molecule has 1 N–H and O–H groups in total. The first-order valence-electron chi connectivity index (χ1n) is 10.2. The third-order valence-corrected chi connectivity index (χ3v) is 6.96. The van der Waals surface area contributed by atoms with Crippen LogP contribution in [-0.2, 0) is 24.2 Å². The first-order chi connectivity index (χ1) is 16.1.